The average Bonchev–Trinajstić information content (AvgIpc) is 3.02. The Kier molecular flexibility index (Phi) is 6.40. The van der Waals surface area contributed by atoms with Gasteiger partial charge in [-0.15, -0.1) is 10.2 Å². The number of nitrogens with zero attached hydrogens (tertiary/aromatic N) is 3. The third-order valence-corrected chi connectivity index (χ3v) is 5.20. The van der Waals surface area contributed by atoms with E-state index in [-0.39, 0.29) is 12.4 Å². The summed E-state index contributed by atoms with van der Waals surface area (Å²) in [6.07, 6.45) is 0. The van der Waals surface area contributed by atoms with Gasteiger partial charge in [0.2, 0.25) is 0 Å². The third kappa shape index (κ3) is 4.69. The lowest BCUT2D eigenvalue weighted by Gasteiger charge is -2.10. The van der Waals surface area contributed by atoms with Crippen molar-refractivity contribution in [2.45, 2.75) is 31.0 Å². The summed E-state index contributed by atoms with van der Waals surface area (Å²) in [6, 6.07) is 11.6. The summed E-state index contributed by atoms with van der Waals surface area (Å²) in [5.74, 6) is 1.55. The van der Waals surface area contributed by atoms with Crippen molar-refractivity contribution in [3.05, 3.63) is 69.7 Å². The van der Waals surface area contributed by atoms with E-state index >= 15 is 0 Å². The number of rotatable bonds is 7. The number of benzene rings is 2. The molecule has 0 spiro atoms. The maximum atomic E-state index is 13.3. The molecule has 0 N–H and O–H groups in total. The van der Waals surface area contributed by atoms with Crippen LogP contribution in [0.25, 0.3) is 0 Å². The molecule has 0 saturated heterocycles. The second-order valence-electron chi connectivity index (χ2n) is 5.43. The first-order chi connectivity index (χ1) is 12.6. The molecule has 8 heteroatoms. The van der Waals surface area contributed by atoms with Gasteiger partial charge in [-0.3, -0.25) is 0 Å². The molecule has 0 bridgehead atoms. The lowest BCUT2D eigenvalue weighted by atomic mass is 10.2. The van der Waals surface area contributed by atoms with Crippen LogP contribution in [0.1, 0.15) is 18.3 Å². The van der Waals surface area contributed by atoms with Crippen molar-refractivity contribution in [2.75, 3.05) is 0 Å². The fourth-order valence-corrected chi connectivity index (χ4v) is 3.65. The third-order valence-electron chi connectivity index (χ3n) is 3.62. The molecule has 0 saturated carbocycles. The normalized spacial score (nSPS) is 10.9. The van der Waals surface area contributed by atoms with Gasteiger partial charge in [0.25, 0.3) is 0 Å². The standard InChI is InChI=1S/C18H16Cl2FN3OS/c1-2-24-17(10-25-16-9-13(19)6-7-15(16)20)22-23-18(24)26-11-12-4-3-5-14(21)8-12/h3-9H,2,10-11H2,1H3. The van der Waals surface area contributed by atoms with E-state index in [2.05, 4.69) is 10.2 Å². The van der Waals surface area contributed by atoms with Crippen LogP contribution in [0, 0.1) is 5.82 Å². The molecule has 26 heavy (non-hydrogen) atoms. The number of thioether (sulfide) groups is 1. The molecule has 0 aliphatic carbocycles. The van der Waals surface area contributed by atoms with Crippen molar-refractivity contribution >= 4 is 35.0 Å². The molecule has 0 radical (unpaired) electrons. The van der Waals surface area contributed by atoms with Gasteiger partial charge in [-0.1, -0.05) is 47.1 Å². The molecular weight excluding hydrogens is 396 g/mol. The Hall–Kier alpha value is -1.76. The average molecular weight is 412 g/mol. The second kappa shape index (κ2) is 8.75. The van der Waals surface area contributed by atoms with Gasteiger partial charge in [0, 0.05) is 23.4 Å². The van der Waals surface area contributed by atoms with Crippen molar-refractivity contribution in [1.82, 2.24) is 14.8 Å². The summed E-state index contributed by atoms with van der Waals surface area (Å²) >= 11 is 13.6. The van der Waals surface area contributed by atoms with Crippen LogP contribution in [0.5, 0.6) is 5.75 Å². The highest BCUT2D eigenvalue weighted by Crippen LogP contribution is 2.29. The molecule has 0 aliphatic heterocycles. The fourth-order valence-electron chi connectivity index (χ4n) is 2.35. The number of hydrogen-bond donors (Lipinski definition) is 0. The Morgan fingerprint density at radius 1 is 1.15 bits per heavy atom. The van der Waals surface area contributed by atoms with Gasteiger partial charge in [-0.05, 0) is 36.8 Å². The summed E-state index contributed by atoms with van der Waals surface area (Å²) in [7, 11) is 0. The molecular formula is C18H16Cl2FN3OS. The van der Waals surface area contributed by atoms with Gasteiger partial charge >= 0.3 is 0 Å². The fraction of sp³-hybridized carbons (Fsp3) is 0.222. The monoisotopic (exact) mass is 411 g/mol. The SMILES string of the molecule is CCn1c(COc2cc(Cl)ccc2Cl)nnc1SCc1cccc(F)c1. The molecule has 2 aromatic carbocycles. The van der Waals surface area contributed by atoms with Gasteiger partial charge in [0.05, 0.1) is 5.02 Å². The zero-order valence-corrected chi connectivity index (χ0v) is 16.3. The van der Waals surface area contributed by atoms with Crippen LogP contribution in [0.2, 0.25) is 10.0 Å². The van der Waals surface area contributed by atoms with Crippen LogP contribution in [-0.2, 0) is 18.9 Å². The Morgan fingerprint density at radius 2 is 2.00 bits per heavy atom. The highest BCUT2D eigenvalue weighted by molar-refractivity contribution is 7.98. The first-order valence-corrected chi connectivity index (χ1v) is 9.68. The quantitative estimate of drug-likeness (QED) is 0.473. The number of ether oxygens (including phenoxy) is 1. The highest BCUT2D eigenvalue weighted by Gasteiger charge is 2.13. The van der Waals surface area contributed by atoms with E-state index in [1.807, 2.05) is 17.6 Å². The van der Waals surface area contributed by atoms with Crippen LogP contribution in [-0.4, -0.2) is 14.8 Å². The lowest BCUT2D eigenvalue weighted by Crippen LogP contribution is -2.07. The topological polar surface area (TPSA) is 39.9 Å². The number of hydrogen-bond acceptors (Lipinski definition) is 4. The Bertz CT molecular complexity index is 904. The molecule has 3 rings (SSSR count). The molecule has 1 heterocycles. The number of halogens is 3. The van der Waals surface area contributed by atoms with Crippen molar-refractivity contribution in [3.8, 4) is 5.75 Å². The first-order valence-electron chi connectivity index (χ1n) is 7.94. The van der Waals surface area contributed by atoms with E-state index in [0.717, 1.165) is 10.7 Å². The van der Waals surface area contributed by atoms with Gasteiger partial charge in [0.1, 0.15) is 18.2 Å². The summed E-state index contributed by atoms with van der Waals surface area (Å²) in [5, 5.41) is 10.2. The second-order valence-corrected chi connectivity index (χ2v) is 7.21. The Morgan fingerprint density at radius 3 is 2.77 bits per heavy atom. The van der Waals surface area contributed by atoms with E-state index in [0.29, 0.717) is 33.9 Å². The zero-order chi connectivity index (χ0) is 18.5. The molecule has 0 unspecified atom stereocenters. The minimum absolute atomic E-state index is 0.224. The smallest absolute Gasteiger partial charge is 0.191 e. The summed E-state index contributed by atoms with van der Waals surface area (Å²) in [5.41, 5.74) is 0.893. The van der Waals surface area contributed by atoms with E-state index in [9.17, 15) is 4.39 Å². The van der Waals surface area contributed by atoms with Gasteiger partial charge in [0.15, 0.2) is 11.0 Å². The first kappa shape index (κ1) is 19.0. The lowest BCUT2D eigenvalue weighted by molar-refractivity contribution is 0.288. The highest BCUT2D eigenvalue weighted by atomic mass is 35.5. The molecule has 0 aliphatic rings. The maximum absolute atomic E-state index is 13.3. The Labute approximate surface area is 165 Å². The van der Waals surface area contributed by atoms with Crippen molar-refractivity contribution < 1.29 is 9.13 Å². The Balaban J connectivity index is 1.68. The van der Waals surface area contributed by atoms with E-state index in [1.165, 1.54) is 23.9 Å². The van der Waals surface area contributed by atoms with Crippen LogP contribution in [0.4, 0.5) is 4.39 Å². The van der Waals surface area contributed by atoms with Crippen molar-refractivity contribution in [2.24, 2.45) is 0 Å². The zero-order valence-electron chi connectivity index (χ0n) is 14.0. The predicted octanol–water partition coefficient (Wildman–Crippen LogP) is 5.62. The molecule has 3 aromatic rings. The summed E-state index contributed by atoms with van der Waals surface area (Å²) in [4.78, 5) is 0. The maximum Gasteiger partial charge on any atom is 0.191 e. The largest absolute Gasteiger partial charge is 0.484 e. The molecule has 0 fully saturated rings. The number of aromatic nitrogens is 3. The molecule has 136 valence electrons. The van der Waals surface area contributed by atoms with Gasteiger partial charge in [-0.2, -0.15) is 0 Å². The van der Waals surface area contributed by atoms with E-state index < -0.39 is 0 Å². The van der Waals surface area contributed by atoms with Crippen LogP contribution >= 0.6 is 35.0 Å². The van der Waals surface area contributed by atoms with E-state index in [1.54, 1.807) is 24.3 Å². The van der Waals surface area contributed by atoms with Gasteiger partial charge < -0.3 is 9.30 Å². The summed E-state index contributed by atoms with van der Waals surface area (Å²) in [6.45, 7) is 2.92. The predicted molar refractivity (Wildman–Crippen MR) is 102 cm³/mol. The van der Waals surface area contributed by atoms with Gasteiger partial charge in [-0.25, -0.2) is 4.39 Å². The van der Waals surface area contributed by atoms with Crippen LogP contribution < -0.4 is 4.74 Å². The molecule has 0 atom stereocenters. The minimum atomic E-state index is -0.243. The summed E-state index contributed by atoms with van der Waals surface area (Å²) < 4.78 is 21.0. The molecule has 0 amide bonds. The van der Waals surface area contributed by atoms with Crippen LogP contribution in [0.3, 0.4) is 0 Å². The van der Waals surface area contributed by atoms with E-state index in [4.69, 9.17) is 27.9 Å². The minimum Gasteiger partial charge on any atom is -0.484 e. The molecule has 4 nitrogen and oxygen atoms in total. The molecule has 1 aromatic heterocycles. The van der Waals surface area contributed by atoms with Crippen molar-refractivity contribution in [1.29, 1.82) is 0 Å². The van der Waals surface area contributed by atoms with Crippen LogP contribution in [0.15, 0.2) is 47.6 Å². The van der Waals surface area contributed by atoms with Crippen molar-refractivity contribution in [3.63, 3.8) is 0 Å².